The number of pyridine rings is 1. The van der Waals surface area contributed by atoms with Gasteiger partial charge in [-0.05, 0) is 56.6 Å². The Balaban J connectivity index is 1.76. The number of anilines is 1. The lowest BCUT2D eigenvalue weighted by Gasteiger charge is -2.30. The van der Waals surface area contributed by atoms with Crippen LogP contribution in [0.25, 0.3) is 10.9 Å². The van der Waals surface area contributed by atoms with Crippen LogP contribution in [0.15, 0.2) is 30.5 Å². The van der Waals surface area contributed by atoms with E-state index < -0.39 is 0 Å². The molecule has 4 heteroatoms. The Kier molecular flexibility index (Phi) is 4.08. The minimum Gasteiger partial charge on any atom is -0.384 e. The standard InChI is InChI=1S/C16H20ClN3/c1-20-9-3-4-12(11-20)10-19-15-7-6-14(17)16-13(15)5-2-8-18-16/h2,5-8,12,19H,3-4,9-11H2,1H3. The molecule has 1 fully saturated rings. The van der Waals surface area contributed by atoms with Crippen molar-refractivity contribution in [2.45, 2.75) is 12.8 Å². The van der Waals surface area contributed by atoms with E-state index in [1.807, 2.05) is 12.1 Å². The van der Waals surface area contributed by atoms with Crippen LogP contribution in [0, 0.1) is 5.92 Å². The minimum absolute atomic E-state index is 0.712. The van der Waals surface area contributed by atoms with Crippen LogP contribution >= 0.6 is 11.6 Å². The zero-order chi connectivity index (χ0) is 13.9. The molecule has 2 heterocycles. The highest BCUT2D eigenvalue weighted by molar-refractivity contribution is 6.35. The second-order valence-corrected chi connectivity index (χ2v) is 6.05. The summed E-state index contributed by atoms with van der Waals surface area (Å²) in [6.07, 6.45) is 4.39. The first-order chi connectivity index (χ1) is 9.74. The number of hydrogen-bond acceptors (Lipinski definition) is 3. The second-order valence-electron chi connectivity index (χ2n) is 5.65. The Hall–Kier alpha value is -1.32. The van der Waals surface area contributed by atoms with E-state index in [0.717, 1.165) is 29.1 Å². The number of nitrogens with one attached hydrogen (secondary N) is 1. The first-order valence-electron chi connectivity index (χ1n) is 7.19. The first-order valence-corrected chi connectivity index (χ1v) is 7.57. The van der Waals surface area contributed by atoms with Gasteiger partial charge in [0, 0.05) is 30.4 Å². The molecular formula is C16H20ClN3. The van der Waals surface area contributed by atoms with Crippen LogP contribution in [0.1, 0.15) is 12.8 Å². The smallest absolute Gasteiger partial charge is 0.0908 e. The highest BCUT2D eigenvalue weighted by Crippen LogP contribution is 2.28. The van der Waals surface area contributed by atoms with E-state index in [1.54, 1.807) is 6.20 Å². The zero-order valence-corrected chi connectivity index (χ0v) is 12.5. The number of fused-ring (bicyclic) bond motifs is 1. The number of hydrogen-bond donors (Lipinski definition) is 1. The molecule has 0 spiro atoms. The van der Waals surface area contributed by atoms with E-state index >= 15 is 0 Å². The molecule has 1 aliphatic heterocycles. The van der Waals surface area contributed by atoms with E-state index in [1.165, 1.54) is 25.9 Å². The maximum absolute atomic E-state index is 6.20. The van der Waals surface area contributed by atoms with Gasteiger partial charge in [0.2, 0.25) is 0 Å². The molecule has 3 rings (SSSR count). The Morgan fingerprint density at radius 3 is 3.15 bits per heavy atom. The number of likely N-dealkylation sites (tertiary alicyclic amines) is 1. The summed E-state index contributed by atoms with van der Waals surface area (Å²) >= 11 is 6.20. The fourth-order valence-corrected chi connectivity index (χ4v) is 3.20. The predicted molar refractivity (Wildman–Crippen MR) is 85.5 cm³/mol. The fourth-order valence-electron chi connectivity index (χ4n) is 2.99. The summed E-state index contributed by atoms with van der Waals surface area (Å²) in [6.45, 7) is 3.41. The Bertz CT molecular complexity index is 599. The number of benzene rings is 1. The number of piperidine rings is 1. The van der Waals surface area contributed by atoms with Crippen molar-refractivity contribution in [1.82, 2.24) is 9.88 Å². The summed E-state index contributed by atoms with van der Waals surface area (Å²) in [6, 6.07) is 8.01. The topological polar surface area (TPSA) is 28.2 Å². The summed E-state index contributed by atoms with van der Waals surface area (Å²) in [4.78, 5) is 6.78. The van der Waals surface area contributed by atoms with E-state index in [2.05, 4.69) is 34.4 Å². The molecule has 0 saturated carbocycles. The Morgan fingerprint density at radius 1 is 1.40 bits per heavy atom. The van der Waals surface area contributed by atoms with E-state index in [0.29, 0.717) is 5.02 Å². The molecule has 0 radical (unpaired) electrons. The third kappa shape index (κ3) is 2.89. The maximum Gasteiger partial charge on any atom is 0.0908 e. The lowest BCUT2D eigenvalue weighted by atomic mass is 9.98. The van der Waals surface area contributed by atoms with Gasteiger partial charge in [0.05, 0.1) is 10.5 Å². The van der Waals surface area contributed by atoms with Crippen LogP contribution in [0.4, 0.5) is 5.69 Å². The molecule has 1 aromatic carbocycles. The molecular weight excluding hydrogens is 270 g/mol. The van der Waals surface area contributed by atoms with Crippen LogP contribution in [-0.4, -0.2) is 36.6 Å². The van der Waals surface area contributed by atoms with E-state index in [9.17, 15) is 0 Å². The van der Waals surface area contributed by atoms with Gasteiger partial charge in [-0.2, -0.15) is 0 Å². The van der Waals surface area contributed by atoms with Gasteiger partial charge in [0.1, 0.15) is 0 Å². The third-order valence-corrected chi connectivity index (χ3v) is 4.33. The van der Waals surface area contributed by atoms with Crippen molar-refractivity contribution < 1.29 is 0 Å². The van der Waals surface area contributed by atoms with Crippen molar-refractivity contribution in [2.24, 2.45) is 5.92 Å². The van der Waals surface area contributed by atoms with Crippen LogP contribution < -0.4 is 5.32 Å². The van der Waals surface area contributed by atoms with Gasteiger partial charge in [-0.15, -0.1) is 0 Å². The van der Waals surface area contributed by atoms with Gasteiger partial charge in [0.15, 0.2) is 0 Å². The van der Waals surface area contributed by atoms with Crippen molar-refractivity contribution in [3.63, 3.8) is 0 Å². The van der Waals surface area contributed by atoms with Crippen molar-refractivity contribution in [3.8, 4) is 0 Å². The van der Waals surface area contributed by atoms with Crippen molar-refractivity contribution >= 4 is 28.2 Å². The quantitative estimate of drug-likeness (QED) is 0.935. The SMILES string of the molecule is CN1CCCC(CNc2ccc(Cl)c3ncccc23)C1. The second kappa shape index (κ2) is 5.98. The van der Waals surface area contributed by atoms with Gasteiger partial charge in [-0.25, -0.2) is 0 Å². The average Bonchev–Trinajstić information content (AvgIpc) is 2.47. The largest absolute Gasteiger partial charge is 0.384 e. The lowest BCUT2D eigenvalue weighted by molar-refractivity contribution is 0.217. The fraction of sp³-hybridized carbons (Fsp3) is 0.438. The normalized spacial score (nSPS) is 20.2. The molecule has 0 aliphatic carbocycles. The van der Waals surface area contributed by atoms with Gasteiger partial charge in [-0.3, -0.25) is 4.98 Å². The van der Waals surface area contributed by atoms with Crippen LogP contribution in [0.2, 0.25) is 5.02 Å². The minimum atomic E-state index is 0.712. The number of nitrogens with zero attached hydrogens (tertiary/aromatic N) is 2. The Labute approximate surface area is 124 Å². The molecule has 3 nitrogen and oxygen atoms in total. The molecule has 1 aromatic heterocycles. The molecule has 1 atom stereocenters. The molecule has 2 aromatic rings. The van der Waals surface area contributed by atoms with Crippen molar-refractivity contribution in [2.75, 3.05) is 32.0 Å². The highest BCUT2D eigenvalue weighted by atomic mass is 35.5. The average molecular weight is 290 g/mol. The van der Waals surface area contributed by atoms with E-state index in [4.69, 9.17) is 11.6 Å². The van der Waals surface area contributed by atoms with Crippen molar-refractivity contribution in [1.29, 1.82) is 0 Å². The van der Waals surface area contributed by atoms with Crippen LogP contribution in [-0.2, 0) is 0 Å². The van der Waals surface area contributed by atoms with Gasteiger partial charge in [-0.1, -0.05) is 11.6 Å². The third-order valence-electron chi connectivity index (χ3n) is 4.02. The number of aromatic nitrogens is 1. The molecule has 0 bridgehead atoms. The van der Waals surface area contributed by atoms with E-state index in [-0.39, 0.29) is 0 Å². The molecule has 1 N–H and O–H groups in total. The lowest BCUT2D eigenvalue weighted by Crippen LogP contribution is -2.35. The summed E-state index contributed by atoms with van der Waals surface area (Å²) in [5.41, 5.74) is 2.01. The maximum atomic E-state index is 6.20. The zero-order valence-electron chi connectivity index (χ0n) is 11.8. The first kappa shape index (κ1) is 13.7. The van der Waals surface area contributed by atoms with Gasteiger partial charge in [0.25, 0.3) is 0 Å². The van der Waals surface area contributed by atoms with Crippen LogP contribution in [0.3, 0.4) is 0 Å². The summed E-state index contributed by atoms with van der Waals surface area (Å²) in [5, 5.41) is 5.39. The molecule has 106 valence electrons. The van der Waals surface area contributed by atoms with Crippen molar-refractivity contribution in [3.05, 3.63) is 35.5 Å². The van der Waals surface area contributed by atoms with Crippen LogP contribution in [0.5, 0.6) is 0 Å². The summed E-state index contributed by atoms with van der Waals surface area (Å²) in [5.74, 6) is 0.719. The summed E-state index contributed by atoms with van der Waals surface area (Å²) in [7, 11) is 2.20. The summed E-state index contributed by atoms with van der Waals surface area (Å²) < 4.78 is 0. The predicted octanol–water partition coefficient (Wildman–Crippen LogP) is 3.64. The molecule has 20 heavy (non-hydrogen) atoms. The molecule has 1 saturated heterocycles. The molecule has 1 unspecified atom stereocenters. The highest BCUT2D eigenvalue weighted by Gasteiger charge is 2.17. The monoisotopic (exact) mass is 289 g/mol. The van der Waals surface area contributed by atoms with Gasteiger partial charge >= 0.3 is 0 Å². The number of halogens is 1. The Morgan fingerprint density at radius 2 is 2.30 bits per heavy atom. The number of rotatable bonds is 3. The van der Waals surface area contributed by atoms with Gasteiger partial charge < -0.3 is 10.2 Å². The molecule has 0 amide bonds. The molecule has 1 aliphatic rings.